The van der Waals surface area contributed by atoms with Gasteiger partial charge in [-0.3, -0.25) is 0 Å². The van der Waals surface area contributed by atoms with Gasteiger partial charge in [-0.25, -0.2) is 4.99 Å². The number of hydrogen-bond donors (Lipinski definition) is 0. The summed E-state index contributed by atoms with van der Waals surface area (Å²) < 4.78 is 18.5. The summed E-state index contributed by atoms with van der Waals surface area (Å²) in [5, 5.41) is 14.0. The zero-order chi connectivity index (χ0) is 26.9. The first-order valence-electron chi connectivity index (χ1n) is 12.5. The van der Waals surface area contributed by atoms with Crippen LogP contribution in [0.5, 0.6) is 17.2 Å². The maximum atomic E-state index is 5.69. The predicted octanol–water partition coefficient (Wildman–Crippen LogP) is 5.51. The van der Waals surface area contributed by atoms with E-state index in [4.69, 9.17) is 24.3 Å². The topological polar surface area (TPSA) is 86.4 Å². The molecule has 9 heteroatoms. The zero-order valence-electron chi connectivity index (χ0n) is 23.2. The summed E-state index contributed by atoms with van der Waals surface area (Å²) in [7, 11) is 4.79. The van der Waals surface area contributed by atoms with Gasteiger partial charge in [-0.1, -0.05) is 20.8 Å². The summed E-state index contributed by atoms with van der Waals surface area (Å²) in [4.78, 5) is 7.40. The predicted molar refractivity (Wildman–Crippen MR) is 148 cm³/mol. The van der Waals surface area contributed by atoms with E-state index in [0.29, 0.717) is 40.2 Å². The Kier molecular flexibility index (Phi) is 7.25. The molecule has 1 aliphatic rings. The van der Waals surface area contributed by atoms with Crippen LogP contribution in [0.2, 0.25) is 0 Å². The van der Waals surface area contributed by atoms with E-state index in [1.807, 2.05) is 6.07 Å². The van der Waals surface area contributed by atoms with Crippen LogP contribution < -0.4 is 19.1 Å². The second kappa shape index (κ2) is 10.2. The van der Waals surface area contributed by atoms with E-state index in [1.165, 1.54) is 5.69 Å². The van der Waals surface area contributed by atoms with Crippen molar-refractivity contribution in [2.75, 3.05) is 39.3 Å². The lowest BCUT2D eigenvalue weighted by Crippen LogP contribution is -2.27. The molecule has 3 aromatic rings. The largest absolute Gasteiger partial charge is 0.497 e. The van der Waals surface area contributed by atoms with Crippen molar-refractivity contribution < 1.29 is 14.2 Å². The molecule has 1 aromatic heterocycles. The van der Waals surface area contributed by atoms with Crippen molar-refractivity contribution in [3.63, 3.8) is 0 Å². The van der Waals surface area contributed by atoms with Gasteiger partial charge in [0.15, 0.2) is 17.3 Å². The summed E-state index contributed by atoms with van der Waals surface area (Å²) >= 11 is 0. The third-order valence-corrected chi connectivity index (χ3v) is 6.46. The highest BCUT2D eigenvalue weighted by atomic mass is 16.5. The van der Waals surface area contributed by atoms with E-state index in [9.17, 15) is 0 Å². The maximum Gasteiger partial charge on any atom is 0.205 e. The molecular formula is C28H36N6O3. The molecular weight excluding hydrogens is 468 g/mol. The van der Waals surface area contributed by atoms with Gasteiger partial charge in [0, 0.05) is 30.3 Å². The summed E-state index contributed by atoms with van der Waals surface area (Å²) in [6.07, 6.45) is 0. The highest BCUT2D eigenvalue weighted by molar-refractivity contribution is 6.50. The number of ether oxygens (including phenoxy) is 3. The van der Waals surface area contributed by atoms with Crippen LogP contribution in [-0.4, -0.2) is 60.7 Å². The van der Waals surface area contributed by atoms with Crippen LogP contribution in [0.15, 0.2) is 40.4 Å². The average Bonchev–Trinajstić information content (AvgIpc) is 3.45. The van der Waals surface area contributed by atoms with Gasteiger partial charge in [-0.2, -0.15) is 9.78 Å². The van der Waals surface area contributed by atoms with Crippen molar-refractivity contribution in [1.29, 1.82) is 0 Å². The molecule has 0 fully saturated rings. The van der Waals surface area contributed by atoms with Crippen LogP contribution in [0.4, 0.5) is 11.4 Å². The van der Waals surface area contributed by atoms with Gasteiger partial charge < -0.3 is 19.1 Å². The summed E-state index contributed by atoms with van der Waals surface area (Å²) in [5.41, 5.74) is 5.08. The second-order valence-corrected chi connectivity index (χ2v) is 9.87. The number of anilines is 1. The quantitative estimate of drug-likeness (QED) is 0.402. The normalized spacial score (nSPS) is 14.0. The van der Waals surface area contributed by atoms with Crippen molar-refractivity contribution in [1.82, 2.24) is 14.9 Å². The Hall–Kier alpha value is -3.88. The minimum absolute atomic E-state index is 0.276. The van der Waals surface area contributed by atoms with E-state index in [0.717, 1.165) is 30.1 Å². The minimum atomic E-state index is -0.276. The van der Waals surface area contributed by atoms with Gasteiger partial charge in [0.25, 0.3) is 0 Å². The first-order chi connectivity index (χ1) is 17.7. The van der Waals surface area contributed by atoms with Crippen LogP contribution in [0.3, 0.4) is 0 Å². The Labute approximate surface area is 218 Å². The number of rotatable bonds is 8. The first kappa shape index (κ1) is 26.2. The van der Waals surface area contributed by atoms with Crippen LogP contribution in [0.1, 0.15) is 46.0 Å². The van der Waals surface area contributed by atoms with Crippen molar-refractivity contribution in [3.05, 3.63) is 41.7 Å². The number of methoxy groups -OCH3 is 3. The monoisotopic (exact) mass is 504 g/mol. The van der Waals surface area contributed by atoms with Gasteiger partial charge in [0.2, 0.25) is 5.82 Å². The average molecular weight is 505 g/mol. The van der Waals surface area contributed by atoms with Crippen LogP contribution in [0, 0.1) is 12.3 Å². The number of aryl methyl sites for hydroxylation is 1. The van der Waals surface area contributed by atoms with Crippen molar-refractivity contribution >= 4 is 22.8 Å². The Morgan fingerprint density at radius 3 is 2.19 bits per heavy atom. The molecule has 0 saturated heterocycles. The third kappa shape index (κ3) is 4.77. The Bertz CT molecular complexity index is 1360. The number of hydrogen-bond acceptors (Lipinski definition) is 8. The molecule has 4 rings (SSSR count). The van der Waals surface area contributed by atoms with Crippen molar-refractivity contribution in [2.45, 2.75) is 41.5 Å². The third-order valence-electron chi connectivity index (χ3n) is 6.46. The Morgan fingerprint density at radius 1 is 0.919 bits per heavy atom. The Balaban J connectivity index is 1.88. The van der Waals surface area contributed by atoms with Crippen molar-refractivity contribution in [2.24, 2.45) is 15.5 Å². The highest BCUT2D eigenvalue weighted by Gasteiger charge is 2.36. The van der Waals surface area contributed by atoms with Crippen LogP contribution >= 0.6 is 0 Å². The van der Waals surface area contributed by atoms with E-state index in [1.54, 1.807) is 32.1 Å². The van der Waals surface area contributed by atoms with E-state index < -0.39 is 0 Å². The molecule has 0 radical (unpaired) electrons. The SMILES string of the molecule is CCN(CC)c1ccc(N=C2C(C(C)(C)C)=Nn3c2nnc3-c2cc(OC)cc(OC)c2OC)c(C)c1. The summed E-state index contributed by atoms with van der Waals surface area (Å²) in [6, 6.07) is 9.97. The molecule has 0 spiro atoms. The van der Waals surface area contributed by atoms with E-state index in [-0.39, 0.29) is 5.41 Å². The molecule has 0 N–H and O–H groups in total. The fourth-order valence-electron chi connectivity index (χ4n) is 4.45. The molecule has 2 heterocycles. The molecule has 9 nitrogen and oxygen atoms in total. The molecule has 0 amide bonds. The molecule has 0 atom stereocenters. The lowest BCUT2D eigenvalue weighted by atomic mass is 9.87. The molecule has 196 valence electrons. The van der Waals surface area contributed by atoms with Gasteiger partial charge >= 0.3 is 0 Å². The molecule has 0 unspecified atom stereocenters. The van der Waals surface area contributed by atoms with E-state index >= 15 is 0 Å². The lowest BCUT2D eigenvalue weighted by molar-refractivity contribution is 0.350. The fraction of sp³-hybridized carbons (Fsp3) is 0.429. The maximum absolute atomic E-state index is 5.69. The van der Waals surface area contributed by atoms with Gasteiger partial charge in [-0.15, -0.1) is 10.2 Å². The first-order valence-corrected chi connectivity index (χ1v) is 12.5. The molecule has 0 aliphatic carbocycles. The number of fused-ring (bicyclic) bond motifs is 1. The summed E-state index contributed by atoms with van der Waals surface area (Å²) in [6.45, 7) is 14.7. The number of benzene rings is 2. The van der Waals surface area contributed by atoms with E-state index in [2.05, 4.69) is 74.8 Å². The highest BCUT2D eigenvalue weighted by Crippen LogP contribution is 2.42. The number of aliphatic imine (C=N–C) groups is 1. The fourth-order valence-corrected chi connectivity index (χ4v) is 4.45. The van der Waals surface area contributed by atoms with Crippen LogP contribution in [0.25, 0.3) is 11.4 Å². The molecule has 1 aliphatic heterocycles. The standard InChI is InChI=1S/C28H36N6O3/c1-10-33(11-2)18-12-13-21(17(3)14-18)29-23-25(28(4,5)6)32-34-26(30-31-27(23)34)20-15-19(35-7)16-22(36-8)24(20)37-9/h12-16H,10-11H2,1-9H3. The smallest absolute Gasteiger partial charge is 0.205 e. The van der Waals surface area contributed by atoms with Crippen LogP contribution in [-0.2, 0) is 0 Å². The number of nitrogens with zero attached hydrogens (tertiary/aromatic N) is 6. The van der Waals surface area contributed by atoms with Gasteiger partial charge in [0.05, 0.1) is 38.3 Å². The minimum Gasteiger partial charge on any atom is -0.497 e. The second-order valence-electron chi connectivity index (χ2n) is 9.87. The number of aromatic nitrogens is 3. The van der Waals surface area contributed by atoms with Gasteiger partial charge in [0.1, 0.15) is 11.5 Å². The van der Waals surface area contributed by atoms with Crippen molar-refractivity contribution in [3.8, 4) is 28.6 Å². The molecule has 0 bridgehead atoms. The molecule has 37 heavy (non-hydrogen) atoms. The Morgan fingerprint density at radius 2 is 1.62 bits per heavy atom. The lowest BCUT2D eigenvalue weighted by Gasteiger charge is -2.22. The summed E-state index contributed by atoms with van der Waals surface area (Å²) in [5.74, 6) is 2.77. The van der Waals surface area contributed by atoms with Gasteiger partial charge in [-0.05, 0) is 50.6 Å². The molecule has 2 aromatic carbocycles. The molecule has 0 saturated carbocycles. The zero-order valence-corrected chi connectivity index (χ0v) is 23.2.